The molecule has 0 fully saturated rings. The van der Waals surface area contributed by atoms with Crippen LogP contribution in [0, 0.1) is 5.82 Å². The van der Waals surface area contributed by atoms with Gasteiger partial charge in [0.15, 0.2) is 0 Å². The molecule has 1 rings (SSSR count). The number of hydrogen-bond donors (Lipinski definition) is 1. The molecule has 0 heterocycles. The predicted molar refractivity (Wildman–Crippen MR) is 55.2 cm³/mol. The topological polar surface area (TPSA) is 35.2 Å². The Morgan fingerprint density at radius 2 is 2.14 bits per heavy atom. The predicted octanol–water partition coefficient (Wildman–Crippen LogP) is 2.60. The highest BCUT2D eigenvalue weighted by Crippen LogP contribution is 2.23. The molecule has 0 spiro atoms. The first kappa shape index (κ1) is 11.3. The summed E-state index contributed by atoms with van der Waals surface area (Å²) in [5, 5.41) is 0.0860. The molecule has 0 atom stereocenters. The summed E-state index contributed by atoms with van der Waals surface area (Å²) >= 11 is 5.53. The average molecular weight is 218 g/mol. The van der Waals surface area contributed by atoms with Crippen LogP contribution >= 0.6 is 11.6 Å². The first-order chi connectivity index (χ1) is 6.44. The number of ether oxygens (including phenoxy) is 1. The fourth-order valence-corrected chi connectivity index (χ4v) is 1.02. The van der Waals surface area contributed by atoms with E-state index >= 15 is 0 Å². The molecule has 1 aromatic rings. The van der Waals surface area contributed by atoms with Crippen molar-refractivity contribution in [1.29, 1.82) is 0 Å². The molecule has 14 heavy (non-hydrogen) atoms. The number of nitrogens with two attached hydrogens (primary N) is 1. The summed E-state index contributed by atoms with van der Waals surface area (Å²) in [6, 6.07) is 4.32. The maximum Gasteiger partial charge on any atom is 0.145 e. The molecule has 0 aliphatic heterocycles. The minimum Gasteiger partial charge on any atom is -0.486 e. The van der Waals surface area contributed by atoms with Crippen molar-refractivity contribution in [1.82, 2.24) is 0 Å². The van der Waals surface area contributed by atoms with Gasteiger partial charge in [-0.05, 0) is 26.0 Å². The average Bonchev–Trinajstić information content (AvgIpc) is 2.11. The van der Waals surface area contributed by atoms with Crippen molar-refractivity contribution in [3.63, 3.8) is 0 Å². The lowest BCUT2D eigenvalue weighted by Crippen LogP contribution is -2.37. The van der Waals surface area contributed by atoms with Crippen molar-refractivity contribution in [2.75, 3.05) is 6.54 Å². The Morgan fingerprint density at radius 3 is 2.64 bits per heavy atom. The van der Waals surface area contributed by atoms with Crippen LogP contribution in [0.3, 0.4) is 0 Å². The van der Waals surface area contributed by atoms with Crippen molar-refractivity contribution in [3.05, 3.63) is 29.0 Å². The highest BCUT2D eigenvalue weighted by atomic mass is 35.5. The molecule has 1 aromatic carbocycles. The second-order valence-electron chi connectivity index (χ2n) is 3.64. The number of halogens is 2. The van der Waals surface area contributed by atoms with E-state index in [-0.39, 0.29) is 5.02 Å². The molecule has 0 radical (unpaired) electrons. The Balaban J connectivity index is 2.83. The fourth-order valence-electron chi connectivity index (χ4n) is 0.901. The van der Waals surface area contributed by atoms with E-state index in [1.807, 2.05) is 13.8 Å². The molecular formula is C10H13ClFNO. The first-order valence-electron chi connectivity index (χ1n) is 4.29. The molecule has 78 valence electrons. The number of benzene rings is 1. The van der Waals surface area contributed by atoms with Crippen LogP contribution in [-0.4, -0.2) is 12.1 Å². The highest BCUT2D eigenvalue weighted by molar-refractivity contribution is 6.30. The summed E-state index contributed by atoms with van der Waals surface area (Å²) in [4.78, 5) is 0. The van der Waals surface area contributed by atoms with Gasteiger partial charge in [0.25, 0.3) is 0 Å². The van der Waals surface area contributed by atoms with E-state index < -0.39 is 11.4 Å². The molecule has 0 aliphatic rings. The maximum absolute atomic E-state index is 13.0. The van der Waals surface area contributed by atoms with Crippen LogP contribution in [0.15, 0.2) is 18.2 Å². The van der Waals surface area contributed by atoms with E-state index in [9.17, 15) is 4.39 Å². The highest BCUT2D eigenvalue weighted by Gasteiger charge is 2.17. The molecule has 4 heteroatoms. The largest absolute Gasteiger partial charge is 0.486 e. The zero-order valence-corrected chi connectivity index (χ0v) is 8.94. The van der Waals surface area contributed by atoms with E-state index in [0.29, 0.717) is 12.3 Å². The van der Waals surface area contributed by atoms with Gasteiger partial charge in [0, 0.05) is 12.6 Å². The standard InChI is InChI=1S/C10H13ClFNO/c1-10(2,6-13)14-7-3-4-8(11)9(12)5-7/h3-5H,6,13H2,1-2H3. The van der Waals surface area contributed by atoms with E-state index in [1.165, 1.54) is 12.1 Å². The molecule has 2 N–H and O–H groups in total. The van der Waals surface area contributed by atoms with E-state index in [0.717, 1.165) is 0 Å². The van der Waals surface area contributed by atoms with Crippen LogP contribution in [0.4, 0.5) is 4.39 Å². The van der Waals surface area contributed by atoms with Crippen LogP contribution in [0.2, 0.25) is 5.02 Å². The second-order valence-corrected chi connectivity index (χ2v) is 4.05. The molecule has 0 amide bonds. The smallest absolute Gasteiger partial charge is 0.145 e. The molecular weight excluding hydrogens is 205 g/mol. The van der Waals surface area contributed by atoms with Gasteiger partial charge in [0.1, 0.15) is 17.2 Å². The fraction of sp³-hybridized carbons (Fsp3) is 0.400. The Morgan fingerprint density at radius 1 is 1.50 bits per heavy atom. The summed E-state index contributed by atoms with van der Waals surface area (Å²) in [6.45, 7) is 4.02. The van der Waals surface area contributed by atoms with Crippen LogP contribution in [0.25, 0.3) is 0 Å². The molecule has 2 nitrogen and oxygen atoms in total. The van der Waals surface area contributed by atoms with Crippen molar-refractivity contribution in [3.8, 4) is 5.75 Å². The third-order valence-electron chi connectivity index (χ3n) is 1.78. The van der Waals surface area contributed by atoms with Crippen molar-refractivity contribution < 1.29 is 9.13 Å². The minimum atomic E-state index is -0.500. The van der Waals surface area contributed by atoms with Gasteiger partial charge >= 0.3 is 0 Å². The monoisotopic (exact) mass is 217 g/mol. The summed E-state index contributed by atoms with van der Waals surface area (Å²) in [5.74, 6) is -0.0562. The Labute approximate surface area is 87.8 Å². The van der Waals surface area contributed by atoms with E-state index in [4.69, 9.17) is 22.1 Å². The minimum absolute atomic E-state index is 0.0860. The van der Waals surface area contributed by atoms with E-state index in [1.54, 1.807) is 6.07 Å². The summed E-state index contributed by atoms with van der Waals surface area (Å²) in [5.41, 5.74) is 4.98. The van der Waals surface area contributed by atoms with Crippen LogP contribution in [0.5, 0.6) is 5.75 Å². The first-order valence-corrected chi connectivity index (χ1v) is 4.66. The molecule has 0 aromatic heterocycles. The van der Waals surface area contributed by atoms with Crippen LogP contribution in [-0.2, 0) is 0 Å². The number of hydrogen-bond acceptors (Lipinski definition) is 2. The molecule has 0 unspecified atom stereocenters. The number of rotatable bonds is 3. The third-order valence-corrected chi connectivity index (χ3v) is 2.08. The second kappa shape index (κ2) is 4.15. The normalized spacial score (nSPS) is 11.5. The summed E-state index contributed by atoms with van der Waals surface area (Å²) < 4.78 is 18.5. The zero-order chi connectivity index (χ0) is 10.8. The summed E-state index contributed by atoms with van der Waals surface area (Å²) in [7, 11) is 0. The Hall–Kier alpha value is -0.800. The van der Waals surface area contributed by atoms with Gasteiger partial charge in [0.2, 0.25) is 0 Å². The molecule has 0 aliphatic carbocycles. The molecule has 0 saturated heterocycles. The van der Waals surface area contributed by atoms with Crippen LogP contribution < -0.4 is 10.5 Å². The molecule has 0 saturated carbocycles. The lowest BCUT2D eigenvalue weighted by atomic mass is 10.1. The van der Waals surface area contributed by atoms with Gasteiger partial charge in [-0.3, -0.25) is 0 Å². The lowest BCUT2D eigenvalue weighted by Gasteiger charge is -2.24. The Kier molecular flexibility index (Phi) is 3.34. The Bertz CT molecular complexity index is 328. The van der Waals surface area contributed by atoms with Crippen molar-refractivity contribution in [2.24, 2.45) is 5.73 Å². The van der Waals surface area contributed by atoms with E-state index in [2.05, 4.69) is 0 Å². The van der Waals surface area contributed by atoms with Crippen molar-refractivity contribution >= 4 is 11.6 Å². The van der Waals surface area contributed by atoms with Crippen LogP contribution in [0.1, 0.15) is 13.8 Å². The molecule has 0 bridgehead atoms. The van der Waals surface area contributed by atoms with Gasteiger partial charge in [-0.1, -0.05) is 11.6 Å². The van der Waals surface area contributed by atoms with Gasteiger partial charge in [0.05, 0.1) is 5.02 Å². The third kappa shape index (κ3) is 2.86. The SMILES string of the molecule is CC(C)(CN)Oc1ccc(Cl)c(F)c1. The van der Waals surface area contributed by atoms with Gasteiger partial charge in [-0.25, -0.2) is 4.39 Å². The quantitative estimate of drug-likeness (QED) is 0.845. The van der Waals surface area contributed by atoms with Gasteiger partial charge in [-0.15, -0.1) is 0 Å². The zero-order valence-electron chi connectivity index (χ0n) is 8.18. The van der Waals surface area contributed by atoms with Gasteiger partial charge in [-0.2, -0.15) is 0 Å². The van der Waals surface area contributed by atoms with Gasteiger partial charge < -0.3 is 10.5 Å². The maximum atomic E-state index is 13.0. The summed E-state index contributed by atoms with van der Waals surface area (Å²) in [6.07, 6.45) is 0. The lowest BCUT2D eigenvalue weighted by molar-refractivity contribution is 0.118. The van der Waals surface area contributed by atoms with Crippen molar-refractivity contribution in [2.45, 2.75) is 19.4 Å².